The molecule has 2 nitrogen and oxygen atoms in total. The summed E-state index contributed by atoms with van der Waals surface area (Å²) >= 11 is 3.38. The summed E-state index contributed by atoms with van der Waals surface area (Å²) in [6.07, 6.45) is 0. The van der Waals surface area contributed by atoms with Crippen LogP contribution in [0.1, 0.15) is 5.56 Å². The lowest BCUT2D eigenvalue weighted by molar-refractivity contribution is 0.412. The van der Waals surface area contributed by atoms with Crippen LogP contribution in [0.5, 0.6) is 5.75 Å². The van der Waals surface area contributed by atoms with Crippen molar-refractivity contribution < 1.29 is 13.5 Å². The molecule has 0 radical (unpaired) electrons. The smallest absolute Gasteiger partial charge is 0.149 e. The zero-order valence-electron chi connectivity index (χ0n) is 10.2. The Bertz CT molecular complexity index is 590. The number of methoxy groups -OCH3 is 1. The molecule has 2 aromatic rings. The van der Waals surface area contributed by atoms with E-state index < -0.39 is 11.6 Å². The number of rotatable bonds is 4. The molecular weight excluding hydrogens is 316 g/mol. The molecule has 0 aromatic heterocycles. The molecule has 0 heterocycles. The first-order valence-corrected chi connectivity index (χ1v) is 6.41. The summed E-state index contributed by atoms with van der Waals surface area (Å²) in [6, 6.07) is 9.03. The third-order valence-electron chi connectivity index (χ3n) is 2.63. The molecule has 5 heteroatoms. The Hall–Kier alpha value is -1.62. The van der Waals surface area contributed by atoms with Crippen molar-refractivity contribution in [2.45, 2.75) is 6.54 Å². The maximum Gasteiger partial charge on any atom is 0.149 e. The fourth-order valence-electron chi connectivity index (χ4n) is 1.65. The Balaban J connectivity index is 2.08. The molecule has 0 aliphatic heterocycles. The van der Waals surface area contributed by atoms with Gasteiger partial charge in [-0.15, -0.1) is 0 Å². The van der Waals surface area contributed by atoms with E-state index in [1.807, 2.05) is 18.2 Å². The SMILES string of the molecule is COc1ccc(CNc2ccc(F)cc2F)cc1Br. The average Bonchev–Trinajstić information content (AvgIpc) is 2.38. The predicted molar refractivity (Wildman–Crippen MR) is 74.4 cm³/mol. The zero-order valence-corrected chi connectivity index (χ0v) is 11.8. The highest BCUT2D eigenvalue weighted by Crippen LogP contribution is 2.26. The third-order valence-corrected chi connectivity index (χ3v) is 3.25. The largest absolute Gasteiger partial charge is 0.496 e. The van der Waals surface area contributed by atoms with E-state index in [1.165, 1.54) is 12.1 Å². The molecule has 0 fully saturated rings. The molecule has 0 spiro atoms. The van der Waals surface area contributed by atoms with Crippen molar-refractivity contribution >= 4 is 21.6 Å². The Morgan fingerprint density at radius 3 is 2.58 bits per heavy atom. The molecule has 2 aromatic carbocycles. The van der Waals surface area contributed by atoms with Gasteiger partial charge in [0.1, 0.15) is 17.4 Å². The maximum absolute atomic E-state index is 13.4. The van der Waals surface area contributed by atoms with Crippen molar-refractivity contribution in [1.29, 1.82) is 0 Å². The molecule has 0 saturated carbocycles. The van der Waals surface area contributed by atoms with Crippen LogP contribution >= 0.6 is 15.9 Å². The van der Waals surface area contributed by atoms with Gasteiger partial charge in [-0.1, -0.05) is 6.07 Å². The fraction of sp³-hybridized carbons (Fsp3) is 0.143. The number of anilines is 1. The fourth-order valence-corrected chi connectivity index (χ4v) is 2.24. The Kier molecular flexibility index (Phi) is 4.37. The lowest BCUT2D eigenvalue weighted by Gasteiger charge is -2.09. The van der Waals surface area contributed by atoms with Gasteiger partial charge in [-0.25, -0.2) is 8.78 Å². The number of ether oxygens (including phenoxy) is 1. The minimum absolute atomic E-state index is 0.272. The number of hydrogen-bond acceptors (Lipinski definition) is 2. The molecule has 0 bridgehead atoms. The number of halogens is 3. The molecular formula is C14H12BrF2NO. The summed E-state index contributed by atoms with van der Waals surface area (Å²) in [7, 11) is 1.59. The first kappa shape index (κ1) is 13.8. The molecule has 0 saturated heterocycles. The summed E-state index contributed by atoms with van der Waals surface area (Å²) in [5.74, 6) is -0.459. The van der Waals surface area contributed by atoms with Gasteiger partial charge in [0.05, 0.1) is 17.3 Å². The van der Waals surface area contributed by atoms with Gasteiger partial charge in [-0.3, -0.25) is 0 Å². The molecule has 0 atom stereocenters. The number of benzene rings is 2. The lowest BCUT2D eigenvalue weighted by Crippen LogP contribution is -2.02. The van der Waals surface area contributed by atoms with E-state index in [0.717, 1.165) is 21.9 Å². The van der Waals surface area contributed by atoms with Crippen LogP contribution in [0.3, 0.4) is 0 Å². The quantitative estimate of drug-likeness (QED) is 0.901. The van der Waals surface area contributed by atoms with Gasteiger partial charge < -0.3 is 10.1 Å². The van der Waals surface area contributed by atoms with Crippen LogP contribution in [0, 0.1) is 11.6 Å². The molecule has 0 aliphatic carbocycles. The molecule has 0 unspecified atom stereocenters. The van der Waals surface area contributed by atoms with Crippen LogP contribution in [0.15, 0.2) is 40.9 Å². The standard InChI is InChI=1S/C14H12BrF2NO/c1-19-14-5-2-9(6-11(14)15)8-18-13-4-3-10(16)7-12(13)17/h2-7,18H,8H2,1H3. The van der Waals surface area contributed by atoms with Crippen LogP contribution in [0.25, 0.3) is 0 Å². The number of nitrogens with one attached hydrogen (secondary N) is 1. The summed E-state index contributed by atoms with van der Waals surface area (Å²) < 4.78 is 32.1. The Morgan fingerprint density at radius 2 is 1.95 bits per heavy atom. The van der Waals surface area contributed by atoms with Crippen molar-refractivity contribution in [3.8, 4) is 5.75 Å². The van der Waals surface area contributed by atoms with Gasteiger partial charge in [-0.05, 0) is 45.8 Å². The van der Waals surface area contributed by atoms with Gasteiger partial charge in [0.2, 0.25) is 0 Å². The van der Waals surface area contributed by atoms with Gasteiger partial charge in [-0.2, -0.15) is 0 Å². The summed E-state index contributed by atoms with van der Waals surface area (Å²) in [4.78, 5) is 0. The van der Waals surface area contributed by atoms with Crippen LogP contribution in [-0.4, -0.2) is 7.11 Å². The van der Waals surface area contributed by atoms with E-state index in [0.29, 0.717) is 6.54 Å². The molecule has 19 heavy (non-hydrogen) atoms. The van der Waals surface area contributed by atoms with Gasteiger partial charge in [0, 0.05) is 12.6 Å². The van der Waals surface area contributed by atoms with Crippen molar-refractivity contribution in [2.24, 2.45) is 0 Å². The average molecular weight is 328 g/mol. The second-order valence-corrected chi connectivity index (χ2v) is 4.80. The van der Waals surface area contributed by atoms with E-state index in [1.54, 1.807) is 7.11 Å². The van der Waals surface area contributed by atoms with Crippen LogP contribution in [0.4, 0.5) is 14.5 Å². The lowest BCUT2D eigenvalue weighted by atomic mass is 10.2. The molecule has 0 aliphatic rings. The highest BCUT2D eigenvalue weighted by atomic mass is 79.9. The molecule has 2 rings (SSSR count). The minimum Gasteiger partial charge on any atom is -0.496 e. The predicted octanol–water partition coefficient (Wildman–Crippen LogP) is 4.35. The summed E-state index contributed by atoms with van der Waals surface area (Å²) in [5, 5.41) is 2.92. The van der Waals surface area contributed by atoms with E-state index in [-0.39, 0.29) is 5.69 Å². The van der Waals surface area contributed by atoms with E-state index >= 15 is 0 Å². The number of hydrogen-bond donors (Lipinski definition) is 1. The second-order valence-electron chi connectivity index (χ2n) is 3.95. The van der Waals surface area contributed by atoms with Crippen LogP contribution < -0.4 is 10.1 Å². The van der Waals surface area contributed by atoms with Crippen LogP contribution in [-0.2, 0) is 6.54 Å². The highest BCUT2D eigenvalue weighted by Gasteiger charge is 2.05. The monoisotopic (exact) mass is 327 g/mol. The van der Waals surface area contributed by atoms with Crippen molar-refractivity contribution in [2.75, 3.05) is 12.4 Å². The van der Waals surface area contributed by atoms with Gasteiger partial charge >= 0.3 is 0 Å². The van der Waals surface area contributed by atoms with Crippen molar-refractivity contribution in [3.05, 3.63) is 58.1 Å². The Labute approximate surface area is 118 Å². The van der Waals surface area contributed by atoms with E-state index in [4.69, 9.17) is 4.74 Å². The highest BCUT2D eigenvalue weighted by molar-refractivity contribution is 9.10. The summed E-state index contributed by atoms with van der Waals surface area (Å²) in [6.45, 7) is 0.436. The van der Waals surface area contributed by atoms with Gasteiger partial charge in [0.25, 0.3) is 0 Å². The normalized spacial score (nSPS) is 10.3. The molecule has 100 valence electrons. The molecule has 0 amide bonds. The second kappa shape index (κ2) is 6.02. The van der Waals surface area contributed by atoms with Crippen LogP contribution in [0.2, 0.25) is 0 Å². The summed E-state index contributed by atoms with van der Waals surface area (Å²) in [5.41, 5.74) is 1.23. The van der Waals surface area contributed by atoms with Crippen molar-refractivity contribution in [3.63, 3.8) is 0 Å². The molecule has 1 N–H and O–H groups in total. The first-order chi connectivity index (χ1) is 9.10. The Morgan fingerprint density at radius 1 is 1.16 bits per heavy atom. The third kappa shape index (κ3) is 3.44. The maximum atomic E-state index is 13.4. The first-order valence-electron chi connectivity index (χ1n) is 5.61. The van der Waals surface area contributed by atoms with E-state index in [9.17, 15) is 8.78 Å². The zero-order chi connectivity index (χ0) is 13.8. The topological polar surface area (TPSA) is 21.3 Å². The van der Waals surface area contributed by atoms with E-state index in [2.05, 4.69) is 21.2 Å². The minimum atomic E-state index is -0.604. The van der Waals surface area contributed by atoms with Crippen molar-refractivity contribution in [1.82, 2.24) is 0 Å². The van der Waals surface area contributed by atoms with Gasteiger partial charge in [0.15, 0.2) is 0 Å².